The smallest absolute Gasteiger partial charge is 0.303 e. The van der Waals surface area contributed by atoms with E-state index >= 15 is 0 Å². The van der Waals surface area contributed by atoms with E-state index in [2.05, 4.69) is 10.0 Å². The second-order valence-corrected chi connectivity index (χ2v) is 7.07. The van der Waals surface area contributed by atoms with Crippen molar-refractivity contribution in [2.45, 2.75) is 18.4 Å². The number of benzene rings is 1. The molecule has 0 saturated carbocycles. The summed E-state index contributed by atoms with van der Waals surface area (Å²) in [6.07, 6.45) is 0. The Morgan fingerprint density at radius 3 is 2.50 bits per heavy atom. The van der Waals surface area contributed by atoms with Crippen LogP contribution in [-0.2, 0) is 16.6 Å². The number of sulfonamides is 1. The van der Waals surface area contributed by atoms with Gasteiger partial charge in [0.25, 0.3) is 0 Å². The number of hydrogen-bond acceptors (Lipinski definition) is 6. The highest BCUT2D eigenvalue weighted by Crippen LogP contribution is 2.30. The Kier molecular flexibility index (Phi) is 5.11. The Bertz CT molecular complexity index is 754. The van der Waals surface area contributed by atoms with Gasteiger partial charge in [0.2, 0.25) is 10.0 Å². The molecule has 0 aliphatic carbocycles. The predicted octanol–water partition coefficient (Wildman–Crippen LogP) is 2.57. The Labute approximate surface area is 132 Å². The zero-order chi connectivity index (χ0) is 16.2. The molecule has 0 spiro atoms. The normalized spacial score (nSPS) is 11.3. The summed E-state index contributed by atoms with van der Waals surface area (Å²) in [7, 11) is -3.46. The number of nitrogens with zero attached hydrogens (tertiary/aromatic N) is 1. The van der Waals surface area contributed by atoms with Crippen molar-refractivity contribution >= 4 is 32.0 Å². The van der Waals surface area contributed by atoms with Crippen molar-refractivity contribution in [1.29, 1.82) is 0 Å². The van der Waals surface area contributed by atoms with Gasteiger partial charge in [0.15, 0.2) is 5.00 Å². The summed E-state index contributed by atoms with van der Waals surface area (Å²) in [5, 5.41) is 15.9. The standard InChI is InChI=1S/C13H15N3O4S2/c1-2-15-22(19,20)11-5-3-10(4-6-11)9-14-13-12(16(17)18)7-8-21-13/h3-8,14-15H,2,9H2,1H3. The minimum Gasteiger partial charge on any atom is -0.367 e. The third kappa shape index (κ3) is 3.81. The van der Waals surface area contributed by atoms with Gasteiger partial charge < -0.3 is 5.32 Å². The highest BCUT2D eigenvalue weighted by Gasteiger charge is 2.15. The summed E-state index contributed by atoms with van der Waals surface area (Å²) in [4.78, 5) is 10.6. The van der Waals surface area contributed by atoms with Gasteiger partial charge in [0.05, 0.1) is 9.82 Å². The van der Waals surface area contributed by atoms with Gasteiger partial charge in [0.1, 0.15) is 0 Å². The molecule has 2 rings (SSSR count). The van der Waals surface area contributed by atoms with E-state index in [1.807, 2.05) is 0 Å². The summed E-state index contributed by atoms with van der Waals surface area (Å²) < 4.78 is 26.0. The lowest BCUT2D eigenvalue weighted by Crippen LogP contribution is -2.23. The van der Waals surface area contributed by atoms with Crippen LogP contribution in [0.5, 0.6) is 0 Å². The lowest BCUT2D eigenvalue weighted by molar-refractivity contribution is -0.383. The average Bonchev–Trinajstić information content (AvgIpc) is 2.94. The van der Waals surface area contributed by atoms with Gasteiger partial charge in [-0.1, -0.05) is 19.1 Å². The van der Waals surface area contributed by atoms with Crippen molar-refractivity contribution in [3.05, 3.63) is 51.4 Å². The van der Waals surface area contributed by atoms with Crippen LogP contribution in [0.25, 0.3) is 0 Å². The zero-order valence-corrected chi connectivity index (χ0v) is 13.4. The number of nitro groups is 1. The van der Waals surface area contributed by atoms with Gasteiger partial charge in [-0.3, -0.25) is 10.1 Å². The van der Waals surface area contributed by atoms with Crippen LogP contribution in [0.4, 0.5) is 10.7 Å². The number of anilines is 1. The van der Waals surface area contributed by atoms with E-state index < -0.39 is 14.9 Å². The summed E-state index contributed by atoms with van der Waals surface area (Å²) in [6.45, 7) is 2.42. The molecule has 0 saturated heterocycles. The van der Waals surface area contributed by atoms with Crippen LogP contribution >= 0.6 is 11.3 Å². The number of rotatable bonds is 7. The molecule has 7 nitrogen and oxygen atoms in total. The Morgan fingerprint density at radius 2 is 1.91 bits per heavy atom. The maximum absolute atomic E-state index is 11.8. The quantitative estimate of drug-likeness (QED) is 0.595. The highest BCUT2D eigenvalue weighted by atomic mass is 32.2. The highest BCUT2D eigenvalue weighted by molar-refractivity contribution is 7.89. The molecule has 1 heterocycles. The first-order valence-corrected chi connectivity index (χ1v) is 8.84. The van der Waals surface area contributed by atoms with Crippen LogP contribution in [0.2, 0.25) is 0 Å². The van der Waals surface area contributed by atoms with Gasteiger partial charge in [-0.2, -0.15) is 0 Å². The molecule has 0 aliphatic heterocycles. The molecule has 0 fully saturated rings. The van der Waals surface area contributed by atoms with Gasteiger partial charge in [-0.25, -0.2) is 13.1 Å². The van der Waals surface area contributed by atoms with Crippen molar-refractivity contribution in [3.63, 3.8) is 0 Å². The van der Waals surface area contributed by atoms with E-state index in [1.165, 1.54) is 29.5 Å². The molecule has 0 bridgehead atoms. The first-order chi connectivity index (χ1) is 10.4. The van der Waals surface area contributed by atoms with Crippen molar-refractivity contribution in [2.75, 3.05) is 11.9 Å². The maximum Gasteiger partial charge on any atom is 0.303 e. The maximum atomic E-state index is 11.8. The van der Waals surface area contributed by atoms with E-state index in [1.54, 1.807) is 24.4 Å². The topological polar surface area (TPSA) is 101 Å². The molecule has 0 amide bonds. The number of thiophene rings is 1. The fourth-order valence-corrected chi connectivity index (χ4v) is 3.61. The molecule has 2 aromatic rings. The van der Waals surface area contributed by atoms with E-state index in [0.717, 1.165) is 5.56 Å². The van der Waals surface area contributed by atoms with Crippen LogP contribution in [-0.4, -0.2) is 19.9 Å². The fourth-order valence-electron chi connectivity index (χ4n) is 1.82. The summed E-state index contributed by atoms with van der Waals surface area (Å²) in [5.41, 5.74) is 0.870. The Hall–Kier alpha value is -1.97. The van der Waals surface area contributed by atoms with Crippen molar-refractivity contribution < 1.29 is 13.3 Å². The predicted molar refractivity (Wildman–Crippen MR) is 85.6 cm³/mol. The SMILES string of the molecule is CCNS(=O)(=O)c1ccc(CNc2sccc2[N+](=O)[O-])cc1. The summed E-state index contributed by atoms with van der Waals surface area (Å²) >= 11 is 1.25. The second kappa shape index (κ2) is 6.86. The molecular formula is C13H15N3O4S2. The Balaban J connectivity index is 2.06. The van der Waals surface area contributed by atoms with Crippen LogP contribution in [0, 0.1) is 10.1 Å². The second-order valence-electron chi connectivity index (χ2n) is 4.39. The summed E-state index contributed by atoms with van der Waals surface area (Å²) in [5.74, 6) is 0. The molecule has 0 atom stereocenters. The number of hydrogen-bond donors (Lipinski definition) is 2. The van der Waals surface area contributed by atoms with Gasteiger partial charge in [-0.15, -0.1) is 11.3 Å². The molecule has 1 aromatic carbocycles. The molecule has 0 radical (unpaired) electrons. The lowest BCUT2D eigenvalue weighted by Gasteiger charge is -2.07. The van der Waals surface area contributed by atoms with Crippen LogP contribution < -0.4 is 10.0 Å². The van der Waals surface area contributed by atoms with E-state index in [9.17, 15) is 18.5 Å². The molecule has 118 valence electrons. The fraction of sp³-hybridized carbons (Fsp3) is 0.231. The van der Waals surface area contributed by atoms with Crippen LogP contribution in [0.15, 0.2) is 40.6 Å². The van der Waals surface area contributed by atoms with Crippen molar-refractivity contribution in [3.8, 4) is 0 Å². The molecule has 2 N–H and O–H groups in total. The van der Waals surface area contributed by atoms with Crippen molar-refractivity contribution in [2.24, 2.45) is 0 Å². The molecule has 0 aliphatic rings. The van der Waals surface area contributed by atoms with E-state index in [4.69, 9.17) is 0 Å². The third-order valence-electron chi connectivity index (χ3n) is 2.86. The molecule has 9 heteroatoms. The number of nitrogens with one attached hydrogen (secondary N) is 2. The monoisotopic (exact) mass is 341 g/mol. The average molecular weight is 341 g/mol. The molecule has 1 aromatic heterocycles. The van der Waals surface area contributed by atoms with Gasteiger partial charge in [-0.05, 0) is 23.1 Å². The van der Waals surface area contributed by atoms with Gasteiger partial charge in [0, 0.05) is 19.2 Å². The first kappa shape index (κ1) is 16.4. The summed E-state index contributed by atoms with van der Waals surface area (Å²) in [6, 6.07) is 7.82. The molecule has 0 unspecified atom stereocenters. The lowest BCUT2D eigenvalue weighted by atomic mass is 10.2. The third-order valence-corrected chi connectivity index (χ3v) is 5.29. The molecule has 22 heavy (non-hydrogen) atoms. The molecular weight excluding hydrogens is 326 g/mol. The van der Waals surface area contributed by atoms with E-state index in [-0.39, 0.29) is 10.6 Å². The van der Waals surface area contributed by atoms with Crippen LogP contribution in [0.1, 0.15) is 12.5 Å². The van der Waals surface area contributed by atoms with Crippen LogP contribution in [0.3, 0.4) is 0 Å². The zero-order valence-electron chi connectivity index (χ0n) is 11.8. The first-order valence-electron chi connectivity index (χ1n) is 6.48. The minimum atomic E-state index is -3.46. The Morgan fingerprint density at radius 1 is 1.23 bits per heavy atom. The van der Waals surface area contributed by atoms with E-state index in [0.29, 0.717) is 18.1 Å². The van der Waals surface area contributed by atoms with Crippen molar-refractivity contribution in [1.82, 2.24) is 4.72 Å². The minimum absolute atomic E-state index is 0.0383. The largest absolute Gasteiger partial charge is 0.367 e. The van der Waals surface area contributed by atoms with Gasteiger partial charge >= 0.3 is 5.69 Å².